The summed E-state index contributed by atoms with van der Waals surface area (Å²) in [7, 11) is 0. The number of ether oxygens (including phenoxy) is 1. The van der Waals surface area contributed by atoms with Gasteiger partial charge in [-0.2, -0.15) is 0 Å². The summed E-state index contributed by atoms with van der Waals surface area (Å²) >= 11 is 0. The molecule has 0 bridgehead atoms. The molecule has 28 heavy (non-hydrogen) atoms. The summed E-state index contributed by atoms with van der Waals surface area (Å²) in [6, 6.07) is 15.9. The van der Waals surface area contributed by atoms with Crippen LogP contribution in [0.25, 0.3) is 0 Å². The predicted octanol–water partition coefficient (Wildman–Crippen LogP) is 2.83. The Balaban J connectivity index is 1.41. The van der Waals surface area contributed by atoms with E-state index in [1.165, 1.54) is 5.56 Å². The highest BCUT2D eigenvalue weighted by atomic mass is 16.5. The highest BCUT2D eigenvalue weighted by Gasteiger charge is 2.33. The number of rotatable bonds is 7. The molecule has 0 saturated carbocycles. The van der Waals surface area contributed by atoms with E-state index >= 15 is 0 Å². The zero-order chi connectivity index (χ0) is 20.0. The highest BCUT2D eigenvalue weighted by Crippen LogP contribution is 2.25. The van der Waals surface area contributed by atoms with Gasteiger partial charge in [0.2, 0.25) is 5.91 Å². The fourth-order valence-corrected chi connectivity index (χ4v) is 3.50. The van der Waals surface area contributed by atoms with Gasteiger partial charge in [0.25, 0.3) is 0 Å². The first-order valence-electron chi connectivity index (χ1n) is 9.89. The normalized spacial score (nSPS) is 16.5. The Bertz CT molecular complexity index is 784. The minimum atomic E-state index is -0.839. The van der Waals surface area contributed by atoms with Gasteiger partial charge in [-0.25, -0.2) is 0 Å². The Morgan fingerprint density at radius 1 is 1.14 bits per heavy atom. The highest BCUT2D eigenvalue weighted by molar-refractivity contribution is 5.78. The van der Waals surface area contributed by atoms with Crippen LogP contribution >= 0.6 is 0 Å². The summed E-state index contributed by atoms with van der Waals surface area (Å²) in [5.41, 5.74) is 2.53. The molecule has 2 aromatic carbocycles. The third kappa shape index (κ3) is 5.81. The third-order valence-corrected chi connectivity index (χ3v) is 5.31. The van der Waals surface area contributed by atoms with Crippen molar-refractivity contribution in [3.8, 4) is 5.75 Å². The zero-order valence-corrected chi connectivity index (χ0v) is 16.8. The number of nitrogens with zero attached hydrogens (tertiary/aromatic N) is 1. The Morgan fingerprint density at radius 2 is 1.86 bits per heavy atom. The standard InChI is InChI=1S/C23H30N2O3/c1-18-8-9-21(19(2)14-18)28-17-23(27)10-12-25(13-11-23)16-22(26)24-15-20-6-4-3-5-7-20/h3-9,14,27H,10-13,15-17H2,1-2H3,(H,24,26). The SMILES string of the molecule is Cc1ccc(OCC2(O)CCN(CC(=O)NCc3ccccc3)CC2)c(C)c1. The molecule has 2 N–H and O–H groups in total. The van der Waals surface area contributed by atoms with Crippen LogP contribution in [-0.4, -0.2) is 47.8 Å². The van der Waals surface area contributed by atoms with Crippen LogP contribution in [0.5, 0.6) is 5.75 Å². The molecule has 1 heterocycles. The van der Waals surface area contributed by atoms with E-state index in [1.807, 2.05) is 49.4 Å². The van der Waals surface area contributed by atoms with Gasteiger partial charge in [0.05, 0.1) is 6.54 Å². The molecule has 2 aromatic rings. The molecule has 0 aliphatic carbocycles. The first-order chi connectivity index (χ1) is 13.4. The molecular formula is C23H30N2O3. The van der Waals surface area contributed by atoms with E-state index in [9.17, 15) is 9.90 Å². The number of carbonyl (C=O) groups is 1. The quantitative estimate of drug-likeness (QED) is 0.773. The zero-order valence-electron chi connectivity index (χ0n) is 16.8. The lowest BCUT2D eigenvalue weighted by Gasteiger charge is -2.37. The van der Waals surface area contributed by atoms with Crippen molar-refractivity contribution >= 4 is 5.91 Å². The molecule has 0 aromatic heterocycles. The Hall–Kier alpha value is -2.37. The number of carbonyl (C=O) groups excluding carboxylic acids is 1. The number of aryl methyl sites for hydroxylation is 2. The fourth-order valence-electron chi connectivity index (χ4n) is 3.50. The average molecular weight is 383 g/mol. The summed E-state index contributed by atoms with van der Waals surface area (Å²) in [5.74, 6) is 0.836. The van der Waals surface area contributed by atoms with Gasteiger partial charge in [0, 0.05) is 19.6 Å². The topological polar surface area (TPSA) is 61.8 Å². The van der Waals surface area contributed by atoms with Crippen LogP contribution in [0.2, 0.25) is 0 Å². The van der Waals surface area contributed by atoms with E-state index in [0.29, 0.717) is 39.0 Å². The third-order valence-electron chi connectivity index (χ3n) is 5.31. The molecule has 1 saturated heterocycles. The van der Waals surface area contributed by atoms with Crippen LogP contribution < -0.4 is 10.1 Å². The van der Waals surface area contributed by atoms with Crippen LogP contribution in [0, 0.1) is 13.8 Å². The summed E-state index contributed by atoms with van der Waals surface area (Å²) in [6.07, 6.45) is 1.20. The smallest absolute Gasteiger partial charge is 0.234 e. The van der Waals surface area contributed by atoms with Crippen molar-refractivity contribution in [2.24, 2.45) is 0 Å². The second-order valence-corrected chi connectivity index (χ2v) is 7.82. The molecule has 1 fully saturated rings. The van der Waals surface area contributed by atoms with E-state index < -0.39 is 5.60 Å². The lowest BCUT2D eigenvalue weighted by molar-refractivity contribution is -0.124. The number of aliphatic hydroxyl groups is 1. The Kier molecular flexibility index (Phi) is 6.70. The molecule has 3 rings (SSSR count). The van der Waals surface area contributed by atoms with Crippen molar-refractivity contribution in [2.45, 2.75) is 38.8 Å². The maximum atomic E-state index is 12.2. The monoisotopic (exact) mass is 382 g/mol. The molecule has 1 aliphatic rings. The second kappa shape index (κ2) is 9.22. The van der Waals surface area contributed by atoms with E-state index in [1.54, 1.807) is 0 Å². The van der Waals surface area contributed by atoms with E-state index in [4.69, 9.17) is 4.74 Å². The molecule has 1 amide bonds. The second-order valence-electron chi connectivity index (χ2n) is 7.82. The van der Waals surface area contributed by atoms with E-state index in [-0.39, 0.29) is 12.5 Å². The van der Waals surface area contributed by atoms with Gasteiger partial charge in [-0.1, -0.05) is 48.0 Å². The van der Waals surface area contributed by atoms with Gasteiger partial charge in [-0.3, -0.25) is 9.69 Å². The molecule has 150 valence electrons. The number of amides is 1. The molecular weight excluding hydrogens is 352 g/mol. The largest absolute Gasteiger partial charge is 0.490 e. The van der Waals surface area contributed by atoms with Gasteiger partial charge in [-0.15, -0.1) is 0 Å². The Morgan fingerprint density at radius 3 is 2.54 bits per heavy atom. The maximum Gasteiger partial charge on any atom is 0.234 e. The molecule has 0 unspecified atom stereocenters. The van der Waals surface area contributed by atoms with Crippen LogP contribution in [0.4, 0.5) is 0 Å². The van der Waals surface area contributed by atoms with Gasteiger partial charge in [-0.05, 0) is 43.9 Å². The van der Waals surface area contributed by atoms with E-state index in [0.717, 1.165) is 16.9 Å². The number of hydrogen-bond donors (Lipinski definition) is 2. The lowest BCUT2D eigenvalue weighted by atomic mass is 9.92. The average Bonchev–Trinajstić information content (AvgIpc) is 2.69. The summed E-state index contributed by atoms with van der Waals surface area (Å²) in [4.78, 5) is 14.3. The van der Waals surface area contributed by atoms with Crippen molar-refractivity contribution < 1.29 is 14.6 Å². The number of nitrogens with one attached hydrogen (secondary N) is 1. The van der Waals surface area contributed by atoms with Crippen LogP contribution in [0.1, 0.15) is 29.5 Å². The number of piperidine rings is 1. The van der Waals surface area contributed by atoms with Crippen LogP contribution in [0.15, 0.2) is 48.5 Å². The molecule has 5 nitrogen and oxygen atoms in total. The van der Waals surface area contributed by atoms with E-state index in [2.05, 4.69) is 23.2 Å². The Labute approximate surface area is 167 Å². The maximum absolute atomic E-state index is 12.2. The minimum Gasteiger partial charge on any atom is -0.490 e. The van der Waals surface area contributed by atoms with Gasteiger partial charge >= 0.3 is 0 Å². The minimum absolute atomic E-state index is 0.0147. The first-order valence-corrected chi connectivity index (χ1v) is 9.89. The summed E-state index contributed by atoms with van der Waals surface area (Å²) in [6.45, 7) is 6.63. The fraction of sp³-hybridized carbons (Fsp3) is 0.435. The molecule has 5 heteroatoms. The number of likely N-dealkylation sites (tertiary alicyclic amines) is 1. The molecule has 0 atom stereocenters. The number of hydrogen-bond acceptors (Lipinski definition) is 4. The van der Waals surface area contributed by atoms with Crippen molar-refractivity contribution in [3.63, 3.8) is 0 Å². The van der Waals surface area contributed by atoms with Gasteiger partial charge < -0.3 is 15.2 Å². The van der Waals surface area contributed by atoms with Crippen LogP contribution in [0.3, 0.4) is 0 Å². The summed E-state index contributed by atoms with van der Waals surface area (Å²) < 4.78 is 5.89. The van der Waals surface area contributed by atoms with Crippen molar-refractivity contribution in [3.05, 3.63) is 65.2 Å². The van der Waals surface area contributed by atoms with Crippen molar-refractivity contribution in [2.75, 3.05) is 26.2 Å². The molecule has 0 spiro atoms. The van der Waals surface area contributed by atoms with Crippen molar-refractivity contribution in [1.29, 1.82) is 0 Å². The lowest BCUT2D eigenvalue weighted by Crippen LogP contribution is -2.50. The predicted molar refractivity (Wildman–Crippen MR) is 110 cm³/mol. The first kappa shape index (κ1) is 20.4. The number of benzene rings is 2. The van der Waals surface area contributed by atoms with Gasteiger partial charge in [0.1, 0.15) is 18.0 Å². The van der Waals surface area contributed by atoms with Crippen molar-refractivity contribution in [1.82, 2.24) is 10.2 Å². The summed E-state index contributed by atoms with van der Waals surface area (Å²) in [5, 5.41) is 13.8. The molecule has 0 radical (unpaired) electrons. The van der Waals surface area contributed by atoms with Crippen LogP contribution in [-0.2, 0) is 11.3 Å². The van der Waals surface area contributed by atoms with Gasteiger partial charge in [0.15, 0.2) is 0 Å². The molecule has 1 aliphatic heterocycles.